The predicted octanol–water partition coefficient (Wildman–Crippen LogP) is 4.05. The smallest absolute Gasteiger partial charge is 0.275 e. The molecule has 2 aromatic heterocycles. The molecule has 0 spiro atoms. The highest BCUT2D eigenvalue weighted by Gasteiger charge is 2.20. The van der Waals surface area contributed by atoms with Crippen LogP contribution in [0.1, 0.15) is 22.3 Å². The number of aromatic amines is 1. The molecule has 3 aromatic rings. The average molecular weight is 364 g/mol. The number of halogens is 1. The molecular formula is C15H14BrN3OS. The third-order valence-electron chi connectivity index (χ3n) is 3.32. The van der Waals surface area contributed by atoms with Crippen molar-refractivity contribution < 1.29 is 4.79 Å². The lowest BCUT2D eigenvalue weighted by atomic mass is 10.2. The van der Waals surface area contributed by atoms with Crippen molar-refractivity contribution in [2.24, 2.45) is 0 Å². The number of aromatic nitrogens is 2. The second-order valence-corrected chi connectivity index (χ2v) is 7.19. The lowest BCUT2D eigenvalue weighted by Crippen LogP contribution is -2.30. The molecule has 3 rings (SSSR count). The van der Waals surface area contributed by atoms with Gasteiger partial charge in [0.1, 0.15) is 0 Å². The third-order valence-corrected chi connectivity index (χ3v) is 4.93. The van der Waals surface area contributed by atoms with E-state index in [1.807, 2.05) is 43.3 Å². The molecule has 0 fully saturated rings. The van der Waals surface area contributed by atoms with Crippen LogP contribution in [0.3, 0.4) is 0 Å². The summed E-state index contributed by atoms with van der Waals surface area (Å²) in [7, 11) is 0. The van der Waals surface area contributed by atoms with Gasteiger partial charge in [0.15, 0.2) is 5.69 Å². The zero-order chi connectivity index (χ0) is 14.8. The summed E-state index contributed by atoms with van der Waals surface area (Å²) in [6, 6.07) is 11.7. The second-order valence-electron chi connectivity index (χ2n) is 4.64. The van der Waals surface area contributed by atoms with Gasteiger partial charge in [-0.2, -0.15) is 5.10 Å². The molecule has 0 aliphatic heterocycles. The molecule has 1 N–H and O–H groups in total. The molecule has 0 unspecified atom stereocenters. The van der Waals surface area contributed by atoms with Crippen LogP contribution in [0.4, 0.5) is 0 Å². The summed E-state index contributed by atoms with van der Waals surface area (Å²) in [6.45, 7) is 3.23. The number of fused-ring (bicyclic) bond motifs is 1. The van der Waals surface area contributed by atoms with Gasteiger partial charge < -0.3 is 4.90 Å². The van der Waals surface area contributed by atoms with Crippen molar-refractivity contribution in [3.8, 4) is 0 Å². The lowest BCUT2D eigenvalue weighted by molar-refractivity contribution is 0.0750. The predicted molar refractivity (Wildman–Crippen MR) is 88.5 cm³/mol. The van der Waals surface area contributed by atoms with E-state index in [-0.39, 0.29) is 5.91 Å². The minimum Gasteiger partial charge on any atom is -0.332 e. The summed E-state index contributed by atoms with van der Waals surface area (Å²) in [4.78, 5) is 15.7. The average Bonchev–Trinajstić information content (AvgIpc) is 3.10. The molecule has 0 aliphatic rings. The second kappa shape index (κ2) is 5.99. The van der Waals surface area contributed by atoms with E-state index < -0.39 is 0 Å². The fourth-order valence-corrected chi connectivity index (χ4v) is 3.73. The Morgan fingerprint density at radius 3 is 2.86 bits per heavy atom. The summed E-state index contributed by atoms with van der Waals surface area (Å²) in [6.07, 6.45) is 0. The van der Waals surface area contributed by atoms with Gasteiger partial charge in [-0.3, -0.25) is 9.89 Å². The van der Waals surface area contributed by atoms with Crippen molar-refractivity contribution in [3.63, 3.8) is 0 Å². The largest absolute Gasteiger partial charge is 0.332 e. The molecule has 0 saturated carbocycles. The van der Waals surface area contributed by atoms with Gasteiger partial charge in [-0.1, -0.05) is 18.2 Å². The highest BCUT2D eigenvalue weighted by Crippen LogP contribution is 2.24. The summed E-state index contributed by atoms with van der Waals surface area (Å²) < 4.78 is 1.08. The number of thiophene rings is 1. The Morgan fingerprint density at radius 2 is 2.14 bits per heavy atom. The molecule has 108 valence electrons. The van der Waals surface area contributed by atoms with Crippen LogP contribution >= 0.6 is 27.3 Å². The van der Waals surface area contributed by atoms with E-state index >= 15 is 0 Å². The molecule has 21 heavy (non-hydrogen) atoms. The van der Waals surface area contributed by atoms with Gasteiger partial charge in [-0.05, 0) is 41.1 Å². The first-order valence-corrected chi connectivity index (χ1v) is 8.26. The Labute approximate surface area is 134 Å². The summed E-state index contributed by atoms with van der Waals surface area (Å²) in [5.41, 5.74) is 1.37. The van der Waals surface area contributed by atoms with Crippen LogP contribution < -0.4 is 0 Å². The maximum Gasteiger partial charge on any atom is 0.275 e. The van der Waals surface area contributed by atoms with Crippen molar-refractivity contribution in [1.82, 2.24) is 15.1 Å². The number of carbonyl (C=O) groups is 1. The summed E-state index contributed by atoms with van der Waals surface area (Å²) >= 11 is 5.09. The van der Waals surface area contributed by atoms with Gasteiger partial charge in [0.2, 0.25) is 0 Å². The monoisotopic (exact) mass is 363 g/mol. The number of H-pyrrole nitrogens is 1. The minimum atomic E-state index is -0.0422. The van der Waals surface area contributed by atoms with E-state index in [0.717, 1.165) is 19.6 Å². The van der Waals surface area contributed by atoms with E-state index in [1.165, 1.54) is 0 Å². The first kappa shape index (κ1) is 14.3. The summed E-state index contributed by atoms with van der Waals surface area (Å²) in [5.74, 6) is -0.0422. The number of hydrogen-bond acceptors (Lipinski definition) is 3. The molecule has 0 aliphatic carbocycles. The standard InChI is InChI=1S/C15H14BrN3OS/c1-2-19(9-10-7-8-13(16)21-10)15(20)14-11-5-3-4-6-12(11)17-18-14/h3-8H,2,9H2,1H3,(H,17,18). The van der Waals surface area contributed by atoms with Gasteiger partial charge >= 0.3 is 0 Å². The van der Waals surface area contributed by atoms with Crippen LogP contribution in [-0.4, -0.2) is 27.5 Å². The van der Waals surface area contributed by atoms with E-state index in [1.54, 1.807) is 16.2 Å². The summed E-state index contributed by atoms with van der Waals surface area (Å²) in [5, 5.41) is 7.97. The maximum atomic E-state index is 12.7. The Morgan fingerprint density at radius 1 is 1.33 bits per heavy atom. The normalized spacial score (nSPS) is 11.0. The van der Waals surface area contributed by atoms with Crippen molar-refractivity contribution in [1.29, 1.82) is 0 Å². The first-order valence-electron chi connectivity index (χ1n) is 6.65. The van der Waals surface area contributed by atoms with Crippen molar-refractivity contribution in [3.05, 3.63) is 50.8 Å². The zero-order valence-electron chi connectivity index (χ0n) is 11.5. The highest BCUT2D eigenvalue weighted by molar-refractivity contribution is 9.11. The maximum absolute atomic E-state index is 12.7. The third kappa shape index (κ3) is 2.87. The molecule has 1 amide bonds. The Bertz CT molecular complexity index is 780. The van der Waals surface area contributed by atoms with Crippen LogP contribution in [0.25, 0.3) is 10.9 Å². The number of nitrogens with zero attached hydrogens (tertiary/aromatic N) is 2. The molecule has 6 heteroatoms. The molecule has 4 nitrogen and oxygen atoms in total. The SMILES string of the molecule is CCN(Cc1ccc(Br)s1)C(=O)c1n[nH]c2ccccc12. The van der Waals surface area contributed by atoms with E-state index in [4.69, 9.17) is 0 Å². The fourth-order valence-electron chi connectivity index (χ4n) is 2.23. The Kier molecular flexibility index (Phi) is 4.07. The number of amides is 1. The van der Waals surface area contributed by atoms with Crippen LogP contribution in [-0.2, 0) is 6.54 Å². The van der Waals surface area contributed by atoms with Gasteiger partial charge in [0.05, 0.1) is 15.8 Å². The Hall–Kier alpha value is -1.66. The topological polar surface area (TPSA) is 49.0 Å². The van der Waals surface area contributed by atoms with Crippen molar-refractivity contribution >= 4 is 44.1 Å². The van der Waals surface area contributed by atoms with Crippen molar-refractivity contribution in [2.75, 3.05) is 6.54 Å². The van der Waals surface area contributed by atoms with Crippen LogP contribution in [0, 0.1) is 0 Å². The minimum absolute atomic E-state index is 0.0422. The number of para-hydroxylation sites is 1. The molecule has 0 bridgehead atoms. The molecule has 0 radical (unpaired) electrons. The fraction of sp³-hybridized carbons (Fsp3) is 0.200. The highest BCUT2D eigenvalue weighted by atomic mass is 79.9. The molecule has 0 atom stereocenters. The van der Waals surface area contributed by atoms with Gasteiger partial charge in [0.25, 0.3) is 5.91 Å². The van der Waals surface area contributed by atoms with Crippen LogP contribution in [0.5, 0.6) is 0 Å². The zero-order valence-corrected chi connectivity index (χ0v) is 13.9. The molecule has 1 aromatic carbocycles. The number of benzene rings is 1. The van der Waals surface area contributed by atoms with Crippen LogP contribution in [0.15, 0.2) is 40.2 Å². The molecule has 0 saturated heterocycles. The van der Waals surface area contributed by atoms with Crippen LogP contribution in [0.2, 0.25) is 0 Å². The first-order chi connectivity index (χ1) is 10.2. The van der Waals surface area contributed by atoms with Gasteiger partial charge in [-0.15, -0.1) is 11.3 Å². The quantitative estimate of drug-likeness (QED) is 0.759. The van der Waals surface area contributed by atoms with Gasteiger partial charge in [0, 0.05) is 16.8 Å². The number of rotatable bonds is 4. The Balaban J connectivity index is 1.88. The number of nitrogens with one attached hydrogen (secondary N) is 1. The lowest BCUT2D eigenvalue weighted by Gasteiger charge is -2.19. The molecule has 2 heterocycles. The van der Waals surface area contributed by atoms with Crippen molar-refractivity contribution in [2.45, 2.75) is 13.5 Å². The molecular weight excluding hydrogens is 350 g/mol. The van der Waals surface area contributed by atoms with E-state index in [0.29, 0.717) is 18.8 Å². The number of carbonyl (C=O) groups excluding carboxylic acids is 1. The van der Waals surface area contributed by atoms with Gasteiger partial charge in [-0.25, -0.2) is 0 Å². The number of hydrogen-bond donors (Lipinski definition) is 1. The van der Waals surface area contributed by atoms with E-state index in [9.17, 15) is 4.79 Å². The van der Waals surface area contributed by atoms with E-state index in [2.05, 4.69) is 26.1 Å².